The maximum Gasteiger partial charge on any atom is 0.332 e. The molecule has 2 aromatic carbocycles. The van der Waals surface area contributed by atoms with Crippen LogP contribution in [-0.4, -0.2) is 92.5 Å². The van der Waals surface area contributed by atoms with Crippen LogP contribution in [0.3, 0.4) is 0 Å². The summed E-state index contributed by atoms with van der Waals surface area (Å²) < 4.78 is 41.0. The summed E-state index contributed by atoms with van der Waals surface area (Å²) in [6, 6.07) is 13.2. The molecular formula is C40H42ClF2N9O5. The number of anilines is 2. The van der Waals surface area contributed by atoms with Crippen molar-refractivity contribution in [1.29, 1.82) is 0 Å². The first-order chi connectivity index (χ1) is 27.3. The number of aryl methyl sites for hydroxylation is 2. The minimum absolute atomic E-state index is 0.0501. The molecule has 0 saturated carbocycles. The van der Waals surface area contributed by atoms with E-state index in [1.165, 1.54) is 14.1 Å². The van der Waals surface area contributed by atoms with Crippen LogP contribution in [-0.2, 0) is 25.3 Å². The monoisotopic (exact) mass is 801 g/mol. The van der Waals surface area contributed by atoms with Gasteiger partial charge in [0, 0.05) is 75.8 Å². The minimum atomic E-state index is -3.05. The van der Waals surface area contributed by atoms with E-state index in [4.69, 9.17) is 26.1 Å². The Balaban J connectivity index is 1.11. The van der Waals surface area contributed by atoms with E-state index in [0.29, 0.717) is 58.7 Å². The number of fused-ring (bicyclic) bond motifs is 2. The van der Waals surface area contributed by atoms with Crippen molar-refractivity contribution in [3.8, 4) is 28.3 Å². The highest BCUT2D eigenvalue weighted by atomic mass is 35.5. The molecule has 0 radical (unpaired) electrons. The van der Waals surface area contributed by atoms with E-state index in [1.807, 2.05) is 36.1 Å². The molecule has 8 rings (SSSR count). The topological polar surface area (TPSA) is 149 Å². The van der Waals surface area contributed by atoms with Crippen LogP contribution in [0.25, 0.3) is 33.4 Å². The van der Waals surface area contributed by atoms with Crippen molar-refractivity contribution in [2.45, 2.75) is 44.2 Å². The number of hydrogen-bond acceptors (Lipinski definition) is 10. The third-order valence-electron chi connectivity index (χ3n) is 11.5. The van der Waals surface area contributed by atoms with E-state index in [2.05, 4.69) is 31.6 Å². The average molecular weight is 802 g/mol. The second-order valence-corrected chi connectivity index (χ2v) is 15.3. The molecule has 2 fully saturated rings. The number of carbonyl (C=O) groups excluding carboxylic acids is 1. The number of pyridine rings is 1. The van der Waals surface area contributed by atoms with Gasteiger partial charge in [-0.05, 0) is 55.0 Å². The third kappa shape index (κ3) is 6.58. The molecule has 2 aliphatic heterocycles. The van der Waals surface area contributed by atoms with Gasteiger partial charge in [-0.1, -0.05) is 41.9 Å². The first kappa shape index (κ1) is 38.4. The van der Waals surface area contributed by atoms with Gasteiger partial charge >= 0.3 is 11.7 Å². The van der Waals surface area contributed by atoms with Crippen LogP contribution in [0.2, 0.25) is 5.02 Å². The van der Waals surface area contributed by atoms with Crippen LogP contribution in [0.4, 0.5) is 25.1 Å². The van der Waals surface area contributed by atoms with Crippen molar-refractivity contribution in [3.05, 3.63) is 90.8 Å². The lowest BCUT2D eigenvalue weighted by molar-refractivity contribution is 0.141. The molecule has 5 heterocycles. The molecule has 3 aliphatic rings. The molecule has 2 saturated heterocycles. The van der Waals surface area contributed by atoms with Gasteiger partial charge in [0.25, 0.3) is 12.0 Å². The van der Waals surface area contributed by atoms with E-state index in [9.17, 15) is 23.2 Å². The van der Waals surface area contributed by atoms with E-state index in [1.54, 1.807) is 26.4 Å². The summed E-state index contributed by atoms with van der Waals surface area (Å²) in [7, 11) is 5.92. The van der Waals surface area contributed by atoms with Crippen LogP contribution in [0.1, 0.15) is 47.8 Å². The zero-order chi connectivity index (χ0) is 40.3. The number of urea groups is 1. The molecule has 17 heteroatoms. The molecular weight excluding hydrogens is 760 g/mol. The lowest BCUT2D eigenvalue weighted by Gasteiger charge is -2.28. The second-order valence-electron chi connectivity index (χ2n) is 14.9. The highest BCUT2D eigenvalue weighted by Gasteiger charge is 2.49. The lowest BCUT2D eigenvalue weighted by Crippen LogP contribution is -2.46. The number of halogens is 3. The summed E-state index contributed by atoms with van der Waals surface area (Å²) in [5.74, 6) is -0.436. The Morgan fingerprint density at radius 3 is 2.53 bits per heavy atom. The number of hydrogen-bond donors (Lipinski definition) is 2. The van der Waals surface area contributed by atoms with Crippen molar-refractivity contribution in [2.24, 2.45) is 14.1 Å². The summed E-state index contributed by atoms with van der Waals surface area (Å²) in [6.07, 6.45) is -0.476. The molecule has 298 valence electrons. The van der Waals surface area contributed by atoms with Gasteiger partial charge in [0.05, 0.1) is 30.0 Å². The van der Waals surface area contributed by atoms with Crippen molar-refractivity contribution in [1.82, 2.24) is 39.2 Å². The predicted octanol–water partition coefficient (Wildman–Crippen LogP) is 5.51. The van der Waals surface area contributed by atoms with Gasteiger partial charge in [0.2, 0.25) is 5.88 Å². The normalized spacial score (nSPS) is 19.3. The van der Waals surface area contributed by atoms with E-state index < -0.39 is 23.5 Å². The highest BCUT2D eigenvalue weighted by molar-refractivity contribution is 6.36. The van der Waals surface area contributed by atoms with E-state index >= 15 is 0 Å². The Labute approximate surface area is 331 Å². The van der Waals surface area contributed by atoms with Gasteiger partial charge in [0.15, 0.2) is 11.5 Å². The number of nitrogens with zero attached hydrogens (tertiary/aromatic N) is 7. The van der Waals surface area contributed by atoms with Gasteiger partial charge < -0.3 is 25.0 Å². The summed E-state index contributed by atoms with van der Waals surface area (Å²) >= 11 is 7.23. The fraction of sp³-hybridized carbons (Fsp3) is 0.400. The summed E-state index contributed by atoms with van der Waals surface area (Å²) in [6.45, 7) is 5.11. The van der Waals surface area contributed by atoms with Gasteiger partial charge in [-0.2, -0.15) is 0 Å². The van der Waals surface area contributed by atoms with Crippen molar-refractivity contribution in [2.75, 3.05) is 52.3 Å². The molecule has 2 atom stereocenters. The molecule has 0 bridgehead atoms. The number of rotatable bonds is 10. The fourth-order valence-electron chi connectivity index (χ4n) is 8.60. The fourth-order valence-corrected chi connectivity index (χ4v) is 8.92. The van der Waals surface area contributed by atoms with Crippen molar-refractivity contribution in [3.63, 3.8) is 0 Å². The van der Waals surface area contributed by atoms with Crippen molar-refractivity contribution < 1.29 is 23.0 Å². The zero-order valence-electron chi connectivity index (χ0n) is 32.2. The second kappa shape index (κ2) is 14.8. The maximum absolute atomic E-state index is 14.0. The van der Waals surface area contributed by atoms with Crippen LogP contribution < -0.4 is 26.6 Å². The average Bonchev–Trinajstić information content (AvgIpc) is 3.91. The predicted molar refractivity (Wildman–Crippen MR) is 212 cm³/mol. The number of likely N-dealkylation sites (tertiary alicyclic amines) is 1. The van der Waals surface area contributed by atoms with E-state index in [0.717, 1.165) is 58.2 Å². The molecule has 14 nitrogen and oxygen atoms in total. The number of carbonyl (C=O) groups is 1. The minimum Gasteiger partial charge on any atom is -0.481 e. The Bertz CT molecular complexity index is 2560. The number of methoxy groups -OCH3 is 2. The van der Waals surface area contributed by atoms with Crippen LogP contribution in [0, 0.1) is 6.92 Å². The van der Waals surface area contributed by atoms with Gasteiger partial charge in [0.1, 0.15) is 11.2 Å². The van der Waals surface area contributed by atoms with Gasteiger partial charge in [-0.3, -0.25) is 18.8 Å². The number of amides is 2. The van der Waals surface area contributed by atoms with Crippen LogP contribution in [0.5, 0.6) is 5.88 Å². The standard InChI is InChI=1S/C40H42ClF2N9O5/c1-21-23(8-7-11-26(21)44-33-30-35(47-34(46-33)32(42)43)49(2)39(55)50(3)37(30)53)24-9-6-10-25(31(24)41)27-18-22-12-13-28(29(22)36(45-27)57-5)51-15-14-40(19-51)20-52(16-17-56-4)38(54)48-40/h6-11,18,28,32H,12-17,19-20H2,1-5H3,(H,48,54)(H,44,46,47). The highest BCUT2D eigenvalue weighted by Crippen LogP contribution is 2.46. The van der Waals surface area contributed by atoms with Gasteiger partial charge in [-0.25, -0.2) is 33.3 Å². The summed E-state index contributed by atoms with van der Waals surface area (Å²) in [5.41, 5.74) is 4.25. The van der Waals surface area contributed by atoms with E-state index in [-0.39, 0.29) is 34.5 Å². The van der Waals surface area contributed by atoms with Crippen molar-refractivity contribution >= 4 is 40.2 Å². The quantitative estimate of drug-likeness (QED) is 0.185. The number of alkyl halides is 2. The first-order valence-electron chi connectivity index (χ1n) is 18.6. The Morgan fingerprint density at radius 2 is 1.77 bits per heavy atom. The zero-order valence-corrected chi connectivity index (χ0v) is 32.9. The number of aromatic nitrogens is 5. The molecule has 2 N–H and O–H groups in total. The Morgan fingerprint density at radius 1 is 1.02 bits per heavy atom. The molecule has 2 amide bonds. The molecule has 57 heavy (non-hydrogen) atoms. The molecule has 1 aliphatic carbocycles. The smallest absolute Gasteiger partial charge is 0.332 e. The maximum atomic E-state index is 14.0. The third-order valence-corrected chi connectivity index (χ3v) is 11.9. The number of benzene rings is 2. The Hall–Kier alpha value is -5.45. The lowest BCUT2D eigenvalue weighted by atomic mass is 9.96. The SMILES string of the molecule is COCCN1CC2(CCN(C3CCc4cc(-c5cccc(-c6cccc(Nc7nc(C(F)F)nc8c7c(=O)n(C)c(=O)n8C)c6C)c5Cl)nc(OC)c43)C2)NC1=O. The summed E-state index contributed by atoms with van der Waals surface area (Å²) in [4.78, 5) is 55.8. The van der Waals surface area contributed by atoms with Crippen LogP contribution >= 0.6 is 11.6 Å². The molecule has 5 aromatic rings. The Kier molecular flexibility index (Phi) is 9.98. The summed E-state index contributed by atoms with van der Waals surface area (Å²) in [5, 5.41) is 6.69. The van der Waals surface area contributed by atoms with Crippen LogP contribution in [0.15, 0.2) is 52.1 Å². The number of ether oxygens (including phenoxy) is 2. The molecule has 2 unspecified atom stereocenters. The molecule has 1 spiro atoms. The number of nitrogens with one attached hydrogen (secondary N) is 2. The largest absolute Gasteiger partial charge is 0.481 e. The molecule has 3 aromatic heterocycles. The van der Waals surface area contributed by atoms with Gasteiger partial charge in [-0.15, -0.1) is 0 Å². The first-order valence-corrected chi connectivity index (χ1v) is 19.0.